The Morgan fingerprint density at radius 3 is 2.53 bits per heavy atom. The fourth-order valence-corrected chi connectivity index (χ4v) is 1.72. The van der Waals surface area contributed by atoms with E-state index in [-0.39, 0.29) is 18.1 Å². The molecule has 0 unspecified atom stereocenters. The predicted molar refractivity (Wildman–Crippen MR) is 71.6 cm³/mol. The molecule has 2 rings (SSSR count). The monoisotopic (exact) mass is 259 g/mol. The van der Waals surface area contributed by atoms with Gasteiger partial charge in [0.05, 0.1) is 0 Å². The molecule has 0 saturated carbocycles. The van der Waals surface area contributed by atoms with Crippen LogP contribution < -0.4 is 5.32 Å². The highest BCUT2D eigenvalue weighted by atomic mass is 19.1. The van der Waals surface area contributed by atoms with E-state index in [0.717, 1.165) is 5.56 Å². The lowest BCUT2D eigenvalue weighted by atomic mass is 10.1. The average molecular weight is 259 g/mol. The van der Waals surface area contributed by atoms with Gasteiger partial charge in [0.2, 0.25) is 0 Å². The number of nitrogens with one attached hydrogen (secondary N) is 1. The molecule has 0 aliphatic heterocycles. The lowest BCUT2D eigenvalue weighted by Crippen LogP contribution is -2.12. The summed E-state index contributed by atoms with van der Waals surface area (Å²) >= 11 is 0. The molecular weight excluding hydrogens is 245 g/mol. The topological polar surface area (TPSA) is 49.3 Å². The average Bonchev–Trinajstić information content (AvgIpc) is 2.41. The number of halogens is 1. The fourth-order valence-electron chi connectivity index (χ4n) is 1.72. The van der Waals surface area contributed by atoms with Crippen molar-refractivity contribution in [3.63, 3.8) is 0 Å². The number of carbonyl (C=O) groups is 1. The minimum Gasteiger partial charge on any atom is -0.396 e. The van der Waals surface area contributed by atoms with Gasteiger partial charge in [0.25, 0.3) is 5.91 Å². The van der Waals surface area contributed by atoms with Gasteiger partial charge in [-0.1, -0.05) is 18.2 Å². The molecule has 0 saturated heterocycles. The van der Waals surface area contributed by atoms with Gasteiger partial charge in [-0.3, -0.25) is 4.79 Å². The zero-order valence-corrected chi connectivity index (χ0v) is 10.3. The maximum Gasteiger partial charge on any atom is 0.255 e. The van der Waals surface area contributed by atoms with Gasteiger partial charge in [0.15, 0.2) is 0 Å². The Labute approximate surface area is 110 Å². The molecule has 0 aromatic heterocycles. The van der Waals surface area contributed by atoms with Crippen molar-refractivity contribution in [2.24, 2.45) is 0 Å². The van der Waals surface area contributed by atoms with Crippen LogP contribution in [-0.2, 0) is 6.42 Å². The summed E-state index contributed by atoms with van der Waals surface area (Å²) < 4.78 is 13.0. The Morgan fingerprint density at radius 2 is 1.89 bits per heavy atom. The summed E-state index contributed by atoms with van der Waals surface area (Å²) in [4.78, 5) is 11.9. The molecule has 2 aromatic carbocycles. The highest BCUT2D eigenvalue weighted by molar-refractivity contribution is 6.04. The number of hydrogen-bond donors (Lipinski definition) is 2. The van der Waals surface area contributed by atoms with Gasteiger partial charge in [-0.05, 0) is 42.3 Å². The molecule has 0 bridgehead atoms. The van der Waals surface area contributed by atoms with Crippen LogP contribution in [0, 0.1) is 5.82 Å². The number of carbonyl (C=O) groups excluding carboxylic acids is 1. The molecular formula is C15H14FNO2. The normalized spacial score (nSPS) is 10.2. The Hall–Kier alpha value is -2.20. The third-order valence-corrected chi connectivity index (χ3v) is 2.70. The maximum absolute atomic E-state index is 13.0. The first-order valence-electron chi connectivity index (χ1n) is 5.96. The Kier molecular flexibility index (Phi) is 4.26. The van der Waals surface area contributed by atoms with Crippen LogP contribution in [0.1, 0.15) is 15.9 Å². The second-order valence-corrected chi connectivity index (χ2v) is 4.14. The second-order valence-electron chi connectivity index (χ2n) is 4.14. The van der Waals surface area contributed by atoms with E-state index in [2.05, 4.69) is 5.32 Å². The quantitative estimate of drug-likeness (QED) is 0.886. The van der Waals surface area contributed by atoms with E-state index in [1.54, 1.807) is 18.2 Å². The number of rotatable bonds is 4. The molecule has 0 radical (unpaired) electrons. The van der Waals surface area contributed by atoms with Crippen molar-refractivity contribution in [2.45, 2.75) is 6.42 Å². The SMILES string of the molecule is O=C(Nc1ccc(CCO)cc1)c1cccc(F)c1. The number of amides is 1. The Morgan fingerprint density at radius 1 is 1.16 bits per heavy atom. The predicted octanol–water partition coefficient (Wildman–Crippen LogP) is 2.61. The first-order chi connectivity index (χ1) is 9.19. The van der Waals surface area contributed by atoms with Crippen molar-refractivity contribution in [2.75, 3.05) is 11.9 Å². The van der Waals surface area contributed by atoms with E-state index in [0.29, 0.717) is 12.1 Å². The van der Waals surface area contributed by atoms with E-state index in [1.165, 1.54) is 18.2 Å². The largest absolute Gasteiger partial charge is 0.396 e. The third kappa shape index (κ3) is 3.63. The lowest BCUT2D eigenvalue weighted by Gasteiger charge is -2.06. The number of anilines is 1. The molecule has 19 heavy (non-hydrogen) atoms. The number of hydrogen-bond acceptors (Lipinski definition) is 2. The Bertz CT molecular complexity index is 567. The minimum atomic E-state index is -0.439. The van der Waals surface area contributed by atoms with E-state index < -0.39 is 5.82 Å². The molecule has 3 nitrogen and oxygen atoms in total. The van der Waals surface area contributed by atoms with Crippen LogP contribution in [-0.4, -0.2) is 17.6 Å². The van der Waals surface area contributed by atoms with Crippen LogP contribution in [0.2, 0.25) is 0 Å². The molecule has 0 spiro atoms. The summed E-state index contributed by atoms with van der Waals surface area (Å²) in [6.07, 6.45) is 0.581. The molecule has 0 aliphatic carbocycles. The summed E-state index contributed by atoms with van der Waals surface area (Å²) in [5.74, 6) is -0.791. The maximum atomic E-state index is 13.0. The van der Waals surface area contributed by atoms with Crippen molar-refractivity contribution < 1.29 is 14.3 Å². The lowest BCUT2D eigenvalue weighted by molar-refractivity contribution is 0.102. The number of aliphatic hydroxyl groups excluding tert-OH is 1. The zero-order valence-electron chi connectivity index (χ0n) is 10.3. The summed E-state index contributed by atoms with van der Waals surface area (Å²) in [6, 6.07) is 12.7. The fraction of sp³-hybridized carbons (Fsp3) is 0.133. The van der Waals surface area contributed by atoms with Crippen LogP contribution in [0.25, 0.3) is 0 Å². The van der Waals surface area contributed by atoms with E-state index in [4.69, 9.17) is 5.11 Å². The number of benzene rings is 2. The third-order valence-electron chi connectivity index (χ3n) is 2.70. The van der Waals surface area contributed by atoms with Crippen LogP contribution in [0.3, 0.4) is 0 Å². The van der Waals surface area contributed by atoms with Gasteiger partial charge < -0.3 is 10.4 Å². The second kappa shape index (κ2) is 6.11. The summed E-state index contributed by atoms with van der Waals surface area (Å²) in [5.41, 5.74) is 1.90. The molecule has 2 N–H and O–H groups in total. The minimum absolute atomic E-state index is 0.0923. The van der Waals surface area contributed by atoms with Gasteiger partial charge in [0, 0.05) is 17.9 Å². The van der Waals surface area contributed by atoms with Crippen molar-refractivity contribution in [1.82, 2.24) is 0 Å². The zero-order chi connectivity index (χ0) is 13.7. The number of aliphatic hydroxyl groups is 1. The molecule has 98 valence electrons. The van der Waals surface area contributed by atoms with Crippen LogP contribution in [0.5, 0.6) is 0 Å². The van der Waals surface area contributed by atoms with Crippen molar-refractivity contribution in [1.29, 1.82) is 0 Å². The summed E-state index contributed by atoms with van der Waals surface area (Å²) in [7, 11) is 0. The molecule has 0 heterocycles. The molecule has 4 heteroatoms. The van der Waals surface area contributed by atoms with Crippen LogP contribution in [0.15, 0.2) is 48.5 Å². The molecule has 1 amide bonds. The van der Waals surface area contributed by atoms with E-state index in [9.17, 15) is 9.18 Å². The molecule has 0 atom stereocenters. The van der Waals surface area contributed by atoms with Gasteiger partial charge in [-0.25, -0.2) is 4.39 Å². The first kappa shape index (κ1) is 13.2. The highest BCUT2D eigenvalue weighted by Crippen LogP contribution is 2.12. The van der Waals surface area contributed by atoms with E-state index >= 15 is 0 Å². The standard InChI is InChI=1S/C15H14FNO2/c16-13-3-1-2-12(10-13)15(19)17-14-6-4-11(5-7-14)8-9-18/h1-7,10,18H,8-9H2,(H,17,19). The van der Waals surface area contributed by atoms with Crippen LogP contribution in [0.4, 0.5) is 10.1 Å². The summed E-state index contributed by atoms with van der Waals surface area (Å²) in [6.45, 7) is 0.0923. The molecule has 0 aliphatic rings. The van der Waals surface area contributed by atoms with Crippen molar-refractivity contribution in [3.8, 4) is 0 Å². The molecule has 2 aromatic rings. The smallest absolute Gasteiger partial charge is 0.255 e. The van der Waals surface area contributed by atoms with E-state index in [1.807, 2.05) is 12.1 Å². The van der Waals surface area contributed by atoms with Gasteiger partial charge in [0.1, 0.15) is 5.82 Å². The molecule has 0 fully saturated rings. The Balaban J connectivity index is 2.06. The highest BCUT2D eigenvalue weighted by Gasteiger charge is 2.06. The first-order valence-corrected chi connectivity index (χ1v) is 5.96. The van der Waals surface area contributed by atoms with Gasteiger partial charge in [-0.15, -0.1) is 0 Å². The van der Waals surface area contributed by atoms with Crippen molar-refractivity contribution >= 4 is 11.6 Å². The van der Waals surface area contributed by atoms with Gasteiger partial charge in [-0.2, -0.15) is 0 Å². The summed E-state index contributed by atoms with van der Waals surface area (Å²) in [5, 5.41) is 11.5. The van der Waals surface area contributed by atoms with Crippen LogP contribution >= 0.6 is 0 Å². The van der Waals surface area contributed by atoms with Crippen molar-refractivity contribution in [3.05, 3.63) is 65.5 Å². The van der Waals surface area contributed by atoms with Gasteiger partial charge >= 0.3 is 0 Å².